The Kier molecular flexibility index (Phi) is 5.28. The Hall–Kier alpha value is -2.17. The first-order valence-electron chi connectivity index (χ1n) is 9.61. The molecule has 1 aliphatic rings. The van der Waals surface area contributed by atoms with Gasteiger partial charge in [-0.3, -0.25) is 4.90 Å². The molecular formula is C22H25ClN4. The molecule has 0 aliphatic carbocycles. The summed E-state index contributed by atoms with van der Waals surface area (Å²) < 4.78 is 2.20. The maximum atomic E-state index is 6.09. The Morgan fingerprint density at radius 3 is 2.52 bits per heavy atom. The first kappa shape index (κ1) is 18.2. The lowest BCUT2D eigenvalue weighted by Gasteiger charge is -2.19. The van der Waals surface area contributed by atoms with E-state index < -0.39 is 0 Å². The lowest BCUT2D eigenvalue weighted by molar-refractivity contribution is 0.273. The van der Waals surface area contributed by atoms with Crippen molar-refractivity contribution in [3.05, 3.63) is 70.4 Å². The maximum absolute atomic E-state index is 6.09. The van der Waals surface area contributed by atoms with Crippen molar-refractivity contribution in [3.8, 4) is 11.3 Å². The second-order valence-electron chi connectivity index (χ2n) is 7.16. The zero-order valence-electron chi connectivity index (χ0n) is 16.0. The van der Waals surface area contributed by atoms with E-state index in [1.807, 2.05) is 12.1 Å². The topological polar surface area (TPSA) is 34.0 Å². The third-order valence-corrected chi connectivity index (χ3v) is 5.60. The van der Waals surface area contributed by atoms with Gasteiger partial charge in [0, 0.05) is 73.3 Å². The van der Waals surface area contributed by atoms with Crippen molar-refractivity contribution in [2.75, 3.05) is 13.1 Å². The number of benzene rings is 1. The minimum atomic E-state index is 0.753. The van der Waals surface area contributed by atoms with Gasteiger partial charge in [-0.25, -0.2) is 9.97 Å². The SMILES string of the molecule is CCc1nc2c(c(-c3ccc(Cl)cc3)n1)CCN(Cc1cccn1C)CC2. The second-order valence-corrected chi connectivity index (χ2v) is 7.60. The minimum Gasteiger partial charge on any atom is -0.353 e. The van der Waals surface area contributed by atoms with Crippen LogP contribution >= 0.6 is 11.6 Å². The number of hydrogen-bond donors (Lipinski definition) is 0. The molecular weight excluding hydrogens is 356 g/mol. The molecule has 3 heterocycles. The molecule has 0 fully saturated rings. The van der Waals surface area contributed by atoms with Crippen molar-refractivity contribution in [3.63, 3.8) is 0 Å². The van der Waals surface area contributed by atoms with Crippen LogP contribution in [0.5, 0.6) is 0 Å². The molecule has 1 aliphatic heterocycles. The molecule has 4 nitrogen and oxygen atoms in total. The van der Waals surface area contributed by atoms with Crippen molar-refractivity contribution in [1.82, 2.24) is 19.4 Å². The van der Waals surface area contributed by atoms with Crippen LogP contribution in [0.2, 0.25) is 5.02 Å². The van der Waals surface area contributed by atoms with Gasteiger partial charge in [0.2, 0.25) is 0 Å². The van der Waals surface area contributed by atoms with Crippen LogP contribution < -0.4 is 0 Å². The van der Waals surface area contributed by atoms with Crippen LogP contribution in [0.15, 0.2) is 42.6 Å². The third-order valence-electron chi connectivity index (χ3n) is 5.35. The van der Waals surface area contributed by atoms with E-state index in [2.05, 4.69) is 53.9 Å². The largest absolute Gasteiger partial charge is 0.353 e. The Morgan fingerprint density at radius 1 is 1.04 bits per heavy atom. The highest BCUT2D eigenvalue weighted by Crippen LogP contribution is 2.28. The van der Waals surface area contributed by atoms with Crippen molar-refractivity contribution in [2.24, 2.45) is 7.05 Å². The van der Waals surface area contributed by atoms with E-state index in [0.717, 1.165) is 61.0 Å². The van der Waals surface area contributed by atoms with Crippen molar-refractivity contribution in [2.45, 2.75) is 32.7 Å². The van der Waals surface area contributed by atoms with Gasteiger partial charge in [-0.1, -0.05) is 30.7 Å². The summed E-state index contributed by atoms with van der Waals surface area (Å²) in [7, 11) is 2.11. The molecule has 4 rings (SSSR count). The highest BCUT2D eigenvalue weighted by Gasteiger charge is 2.21. The Labute approximate surface area is 165 Å². The van der Waals surface area contributed by atoms with Crippen molar-refractivity contribution < 1.29 is 0 Å². The standard InChI is InChI=1S/C22H25ClN4/c1-3-21-24-20-11-14-27(15-18-5-4-12-26(18)2)13-10-19(20)22(25-21)16-6-8-17(23)9-7-16/h4-9,12H,3,10-11,13-15H2,1-2H3. The van der Waals surface area contributed by atoms with Crippen molar-refractivity contribution in [1.29, 1.82) is 0 Å². The quantitative estimate of drug-likeness (QED) is 0.676. The maximum Gasteiger partial charge on any atom is 0.129 e. The summed E-state index contributed by atoms with van der Waals surface area (Å²) in [5.74, 6) is 0.926. The average Bonchev–Trinajstić information content (AvgIpc) is 2.97. The second kappa shape index (κ2) is 7.83. The van der Waals surface area contributed by atoms with E-state index in [-0.39, 0.29) is 0 Å². The zero-order chi connectivity index (χ0) is 18.8. The fourth-order valence-electron chi connectivity index (χ4n) is 3.75. The summed E-state index contributed by atoms with van der Waals surface area (Å²) in [6.45, 7) is 5.14. The van der Waals surface area contributed by atoms with Gasteiger partial charge in [0.05, 0.1) is 5.69 Å². The van der Waals surface area contributed by atoms with Gasteiger partial charge in [0.1, 0.15) is 5.82 Å². The number of rotatable bonds is 4. The summed E-state index contributed by atoms with van der Waals surface area (Å²) in [4.78, 5) is 12.3. The summed E-state index contributed by atoms with van der Waals surface area (Å²) >= 11 is 6.09. The molecule has 0 saturated heterocycles. The lowest BCUT2D eigenvalue weighted by Crippen LogP contribution is -2.26. The van der Waals surface area contributed by atoms with Crippen molar-refractivity contribution >= 4 is 11.6 Å². The summed E-state index contributed by atoms with van der Waals surface area (Å²) in [6, 6.07) is 12.3. The van der Waals surface area contributed by atoms with Crippen LogP contribution in [0.25, 0.3) is 11.3 Å². The number of nitrogens with zero attached hydrogens (tertiary/aromatic N) is 4. The van der Waals surface area contributed by atoms with E-state index >= 15 is 0 Å². The van der Waals surface area contributed by atoms with Gasteiger partial charge in [-0.15, -0.1) is 0 Å². The molecule has 0 bridgehead atoms. The highest BCUT2D eigenvalue weighted by molar-refractivity contribution is 6.30. The first-order valence-corrected chi connectivity index (χ1v) is 9.99. The summed E-state index contributed by atoms with van der Waals surface area (Å²) in [6.07, 6.45) is 4.90. The highest BCUT2D eigenvalue weighted by atomic mass is 35.5. The van der Waals surface area contributed by atoms with Crippen LogP contribution in [0.1, 0.15) is 29.7 Å². The molecule has 0 N–H and O–H groups in total. The molecule has 27 heavy (non-hydrogen) atoms. The van der Waals surface area contributed by atoms with Crippen LogP contribution in [0.3, 0.4) is 0 Å². The number of aryl methyl sites for hydroxylation is 2. The smallest absolute Gasteiger partial charge is 0.129 e. The average molecular weight is 381 g/mol. The molecule has 5 heteroatoms. The molecule has 0 unspecified atom stereocenters. The lowest BCUT2D eigenvalue weighted by atomic mass is 10.0. The molecule has 0 amide bonds. The Morgan fingerprint density at radius 2 is 1.81 bits per heavy atom. The zero-order valence-corrected chi connectivity index (χ0v) is 16.7. The fourth-order valence-corrected chi connectivity index (χ4v) is 3.88. The van der Waals surface area contributed by atoms with Gasteiger partial charge in [-0.05, 0) is 30.7 Å². The summed E-state index contributed by atoms with van der Waals surface area (Å²) in [5.41, 5.74) is 6.06. The molecule has 3 aromatic rings. The number of aromatic nitrogens is 3. The van der Waals surface area contributed by atoms with Crippen LogP contribution in [0, 0.1) is 0 Å². The predicted octanol–water partition coefficient (Wildman–Crippen LogP) is 4.30. The minimum absolute atomic E-state index is 0.753. The third kappa shape index (κ3) is 3.92. The van der Waals surface area contributed by atoms with E-state index in [0.29, 0.717) is 0 Å². The van der Waals surface area contributed by atoms with E-state index in [9.17, 15) is 0 Å². The Bertz CT molecular complexity index is 930. The summed E-state index contributed by atoms with van der Waals surface area (Å²) in [5, 5.41) is 0.753. The molecule has 2 aromatic heterocycles. The van der Waals surface area contributed by atoms with E-state index in [4.69, 9.17) is 21.6 Å². The van der Waals surface area contributed by atoms with E-state index in [1.165, 1.54) is 17.0 Å². The van der Waals surface area contributed by atoms with Gasteiger partial charge in [0.25, 0.3) is 0 Å². The molecule has 0 radical (unpaired) electrons. The fraction of sp³-hybridized carbons (Fsp3) is 0.364. The van der Waals surface area contributed by atoms with Crippen LogP contribution in [0.4, 0.5) is 0 Å². The van der Waals surface area contributed by atoms with Crippen LogP contribution in [-0.2, 0) is 32.9 Å². The van der Waals surface area contributed by atoms with Gasteiger partial charge in [0.15, 0.2) is 0 Å². The van der Waals surface area contributed by atoms with Crippen LogP contribution in [-0.4, -0.2) is 32.5 Å². The molecule has 0 atom stereocenters. The Balaban J connectivity index is 1.64. The van der Waals surface area contributed by atoms with E-state index in [1.54, 1.807) is 0 Å². The normalized spacial score (nSPS) is 14.8. The number of halogens is 1. The molecule has 1 aromatic carbocycles. The molecule has 0 saturated carbocycles. The van der Waals surface area contributed by atoms with Gasteiger partial charge in [-0.2, -0.15) is 0 Å². The molecule has 0 spiro atoms. The number of fused-ring (bicyclic) bond motifs is 1. The van der Waals surface area contributed by atoms with Gasteiger partial charge >= 0.3 is 0 Å². The monoisotopic (exact) mass is 380 g/mol. The van der Waals surface area contributed by atoms with Gasteiger partial charge < -0.3 is 4.57 Å². The number of hydrogen-bond acceptors (Lipinski definition) is 3. The molecule has 140 valence electrons. The predicted molar refractivity (Wildman–Crippen MR) is 110 cm³/mol. The first-order chi connectivity index (χ1) is 13.1.